The Hall–Kier alpha value is -1.37. The summed E-state index contributed by atoms with van der Waals surface area (Å²) in [5, 5.41) is 8.12. The molecule has 4 nitrogen and oxygen atoms in total. The summed E-state index contributed by atoms with van der Waals surface area (Å²) >= 11 is 0. The predicted octanol–water partition coefficient (Wildman–Crippen LogP) is 2.84. The quantitative estimate of drug-likeness (QED) is 0.841. The molecule has 1 rings (SSSR count). The third kappa shape index (κ3) is 4.56. The third-order valence-corrected chi connectivity index (χ3v) is 3.30. The van der Waals surface area contributed by atoms with Gasteiger partial charge in [-0.15, -0.1) is 5.10 Å². The van der Waals surface area contributed by atoms with Crippen molar-refractivity contribution in [2.75, 3.05) is 18.0 Å². The monoisotopic (exact) mass is 304 g/mol. The molecule has 0 aromatic carbocycles. The number of hydrogen-bond donors (Lipinski definition) is 1. The van der Waals surface area contributed by atoms with Crippen molar-refractivity contribution in [2.24, 2.45) is 5.73 Å². The van der Waals surface area contributed by atoms with Crippen molar-refractivity contribution in [3.8, 4) is 0 Å². The molecule has 0 aliphatic carbocycles. The van der Waals surface area contributed by atoms with Crippen LogP contribution in [0.25, 0.3) is 0 Å². The van der Waals surface area contributed by atoms with Gasteiger partial charge in [0.15, 0.2) is 5.82 Å². The van der Waals surface area contributed by atoms with Gasteiger partial charge in [0.05, 0.1) is 5.69 Å². The molecule has 7 heteroatoms. The summed E-state index contributed by atoms with van der Waals surface area (Å²) in [5.41, 5.74) is 8.19. The number of rotatable bonds is 7. The number of nitrogens with zero attached hydrogens (tertiary/aromatic N) is 3. The summed E-state index contributed by atoms with van der Waals surface area (Å²) in [6.45, 7) is 5.14. The van der Waals surface area contributed by atoms with Crippen LogP contribution < -0.4 is 10.6 Å². The van der Waals surface area contributed by atoms with Gasteiger partial charge in [-0.05, 0) is 24.8 Å². The first-order valence-electron chi connectivity index (χ1n) is 7.26. The minimum atomic E-state index is -4.28. The van der Waals surface area contributed by atoms with Crippen molar-refractivity contribution in [1.82, 2.24) is 10.2 Å². The van der Waals surface area contributed by atoms with Crippen molar-refractivity contribution < 1.29 is 13.2 Å². The maximum Gasteiger partial charge on any atom is 0.405 e. The van der Waals surface area contributed by atoms with Gasteiger partial charge in [-0.1, -0.05) is 20.8 Å². The second-order valence-corrected chi connectivity index (χ2v) is 4.88. The second kappa shape index (κ2) is 7.59. The molecule has 0 fully saturated rings. The fourth-order valence-corrected chi connectivity index (χ4v) is 2.45. The van der Waals surface area contributed by atoms with Crippen LogP contribution in [0.4, 0.5) is 19.0 Å². The van der Waals surface area contributed by atoms with E-state index >= 15 is 0 Å². The molecule has 0 saturated heterocycles. The van der Waals surface area contributed by atoms with Crippen molar-refractivity contribution in [3.63, 3.8) is 0 Å². The molecule has 1 heterocycles. The second-order valence-electron chi connectivity index (χ2n) is 4.88. The van der Waals surface area contributed by atoms with E-state index in [1.165, 1.54) is 4.90 Å². The SMILES string of the molecule is CCCN(CC(F)(F)F)c1nnc(CC)c(CC)c1CN. The average Bonchev–Trinajstić information content (AvgIpc) is 2.43. The highest BCUT2D eigenvalue weighted by Crippen LogP contribution is 2.27. The molecule has 21 heavy (non-hydrogen) atoms. The standard InChI is InChI=1S/C14H23F3N4/c1-4-7-21(9-14(15,16)17)13-11(8-18)10(5-2)12(6-3)19-20-13/h4-9,18H2,1-3H3. The van der Waals surface area contributed by atoms with Gasteiger partial charge in [-0.25, -0.2) is 0 Å². The maximum absolute atomic E-state index is 12.8. The van der Waals surface area contributed by atoms with E-state index in [1.54, 1.807) is 0 Å². The summed E-state index contributed by atoms with van der Waals surface area (Å²) in [6.07, 6.45) is -2.31. The van der Waals surface area contributed by atoms with Gasteiger partial charge < -0.3 is 10.6 Å². The van der Waals surface area contributed by atoms with Crippen LogP contribution in [-0.4, -0.2) is 29.5 Å². The first-order valence-corrected chi connectivity index (χ1v) is 7.26. The van der Waals surface area contributed by atoms with Crippen LogP contribution in [0.1, 0.15) is 44.0 Å². The Balaban J connectivity index is 3.30. The molecule has 0 unspecified atom stereocenters. The lowest BCUT2D eigenvalue weighted by Crippen LogP contribution is -2.37. The van der Waals surface area contributed by atoms with E-state index in [1.807, 2.05) is 20.8 Å². The summed E-state index contributed by atoms with van der Waals surface area (Å²) in [4.78, 5) is 1.23. The van der Waals surface area contributed by atoms with Crippen molar-refractivity contribution in [1.29, 1.82) is 0 Å². The smallest absolute Gasteiger partial charge is 0.346 e. The highest BCUT2D eigenvalue weighted by Gasteiger charge is 2.32. The Bertz CT molecular complexity index is 460. The van der Waals surface area contributed by atoms with Gasteiger partial charge in [-0.2, -0.15) is 18.3 Å². The highest BCUT2D eigenvalue weighted by molar-refractivity contribution is 5.51. The topological polar surface area (TPSA) is 55.0 Å². The number of aryl methyl sites for hydroxylation is 1. The Kier molecular flexibility index (Phi) is 6.39. The highest BCUT2D eigenvalue weighted by atomic mass is 19.4. The van der Waals surface area contributed by atoms with Crippen LogP contribution in [-0.2, 0) is 19.4 Å². The van der Waals surface area contributed by atoms with E-state index in [9.17, 15) is 13.2 Å². The van der Waals surface area contributed by atoms with Crippen LogP contribution in [0.5, 0.6) is 0 Å². The summed E-state index contributed by atoms with van der Waals surface area (Å²) in [6, 6.07) is 0. The average molecular weight is 304 g/mol. The number of nitrogens with two attached hydrogens (primary N) is 1. The zero-order valence-electron chi connectivity index (χ0n) is 12.8. The molecule has 2 N–H and O–H groups in total. The Morgan fingerprint density at radius 3 is 2.14 bits per heavy atom. The van der Waals surface area contributed by atoms with Gasteiger partial charge in [0.1, 0.15) is 6.54 Å². The number of hydrogen-bond acceptors (Lipinski definition) is 4. The van der Waals surface area contributed by atoms with Crippen LogP contribution in [0.3, 0.4) is 0 Å². The Morgan fingerprint density at radius 2 is 1.71 bits per heavy atom. The predicted molar refractivity (Wildman–Crippen MR) is 77.2 cm³/mol. The number of alkyl halides is 3. The molecular formula is C14H23F3N4. The van der Waals surface area contributed by atoms with E-state index in [0.29, 0.717) is 24.8 Å². The van der Waals surface area contributed by atoms with Crippen LogP contribution >= 0.6 is 0 Å². The molecule has 1 aromatic rings. The fourth-order valence-electron chi connectivity index (χ4n) is 2.45. The van der Waals surface area contributed by atoms with Crippen LogP contribution in [0.15, 0.2) is 0 Å². The van der Waals surface area contributed by atoms with Gasteiger partial charge in [0, 0.05) is 18.7 Å². The first-order chi connectivity index (χ1) is 9.87. The molecule has 120 valence electrons. The van der Waals surface area contributed by atoms with Crippen molar-refractivity contribution >= 4 is 5.82 Å². The van der Waals surface area contributed by atoms with Crippen molar-refractivity contribution in [2.45, 2.75) is 52.8 Å². The lowest BCUT2D eigenvalue weighted by Gasteiger charge is -2.27. The lowest BCUT2D eigenvalue weighted by molar-refractivity contribution is -0.119. The lowest BCUT2D eigenvalue weighted by atomic mass is 10.0. The molecule has 0 atom stereocenters. The zero-order valence-corrected chi connectivity index (χ0v) is 12.8. The normalized spacial score (nSPS) is 11.8. The van der Waals surface area contributed by atoms with E-state index in [4.69, 9.17) is 5.73 Å². The molecule has 1 aromatic heterocycles. The number of halogens is 3. The van der Waals surface area contributed by atoms with E-state index in [2.05, 4.69) is 10.2 Å². The van der Waals surface area contributed by atoms with E-state index in [-0.39, 0.29) is 18.9 Å². The van der Waals surface area contributed by atoms with Crippen LogP contribution in [0, 0.1) is 0 Å². The van der Waals surface area contributed by atoms with Crippen LogP contribution in [0.2, 0.25) is 0 Å². The molecule has 0 aliphatic rings. The number of aromatic nitrogens is 2. The minimum absolute atomic E-state index is 0.166. The van der Waals surface area contributed by atoms with Gasteiger partial charge in [0.25, 0.3) is 0 Å². The fraction of sp³-hybridized carbons (Fsp3) is 0.714. The summed E-state index contributed by atoms with van der Waals surface area (Å²) < 4.78 is 38.3. The largest absolute Gasteiger partial charge is 0.405 e. The number of anilines is 1. The maximum atomic E-state index is 12.8. The Labute approximate surface area is 123 Å². The molecule has 0 bridgehead atoms. The van der Waals surface area contributed by atoms with Gasteiger partial charge in [-0.3, -0.25) is 0 Å². The molecule has 0 saturated carbocycles. The molecule has 0 aliphatic heterocycles. The molecule has 0 spiro atoms. The summed E-state index contributed by atoms with van der Waals surface area (Å²) in [7, 11) is 0. The molecular weight excluding hydrogens is 281 g/mol. The van der Waals surface area contributed by atoms with Gasteiger partial charge >= 0.3 is 6.18 Å². The van der Waals surface area contributed by atoms with Crippen molar-refractivity contribution in [3.05, 3.63) is 16.8 Å². The third-order valence-electron chi connectivity index (χ3n) is 3.30. The molecule has 0 radical (unpaired) electrons. The molecule has 0 amide bonds. The van der Waals surface area contributed by atoms with E-state index < -0.39 is 12.7 Å². The zero-order chi connectivity index (χ0) is 16.0. The Morgan fingerprint density at radius 1 is 1.05 bits per heavy atom. The minimum Gasteiger partial charge on any atom is -0.346 e. The van der Waals surface area contributed by atoms with Gasteiger partial charge in [0.2, 0.25) is 0 Å². The van der Waals surface area contributed by atoms with E-state index in [0.717, 1.165) is 11.3 Å². The summed E-state index contributed by atoms with van der Waals surface area (Å²) in [5.74, 6) is 0.269. The first kappa shape index (κ1) is 17.7.